The molecule has 0 aliphatic carbocycles. The van der Waals surface area contributed by atoms with Crippen molar-refractivity contribution in [1.82, 2.24) is 4.57 Å². The summed E-state index contributed by atoms with van der Waals surface area (Å²) in [5.74, 6) is 0.279. The fourth-order valence-corrected chi connectivity index (χ4v) is 4.51. The van der Waals surface area contributed by atoms with Gasteiger partial charge in [-0.1, -0.05) is 42.0 Å². The lowest BCUT2D eigenvalue weighted by Crippen LogP contribution is -2.00. The van der Waals surface area contributed by atoms with Crippen LogP contribution in [0.25, 0.3) is 28.3 Å². The Morgan fingerprint density at radius 1 is 0.788 bits per heavy atom. The number of hydrogen-bond donors (Lipinski definition) is 0. The van der Waals surface area contributed by atoms with Crippen LogP contribution in [0.15, 0.2) is 72.3 Å². The van der Waals surface area contributed by atoms with E-state index in [1.807, 2.05) is 18.2 Å². The number of cyclic esters (lactones) is 1. The zero-order valence-electron chi connectivity index (χ0n) is 19.7. The normalized spacial score (nSPS) is 14.8. The van der Waals surface area contributed by atoms with Crippen molar-refractivity contribution in [2.75, 3.05) is 0 Å². The molecule has 164 valence electrons. The first kappa shape index (κ1) is 21.0. The van der Waals surface area contributed by atoms with Gasteiger partial charge in [0, 0.05) is 22.6 Å². The molecule has 0 amide bonds. The summed E-state index contributed by atoms with van der Waals surface area (Å²) >= 11 is 0. The van der Waals surface area contributed by atoms with Gasteiger partial charge in [0.15, 0.2) is 0 Å². The molecule has 3 nitrogen and oxygen atoms in total. The monoisotopic (exact) mass is 433 g/mol. The van der Waals surface area contributed by atoms with Gasteiger partial charge in [-0.3, -0.25) is 0 Å². The molecule has 1 aliphatic rings. The van der Waals surface area contributed by atoms with Gasteiger partial charge in [-0.25, -0.2) is 4.79 Å². The number of carbonyl (C=O) groups excluding carboxylic acids is 1. The summed E-state index contributed by atoms with van der Waals surface area (Å²) < 4.78 is 7.87. The van der Waals surface area contributed by atoms with Crippen molar-refractivity contribution in [3.8, 4) is 5.69 Å². The minimum absolute atomic E-state index is 0.315. The molecule has 5 rings (SSSR count). The van der Waals surface area contributed by atoms with Crippen LogP contribution in [0, 0.1) is 34.6 Å². The maximum Gasteiger partial charge on any atom is 0.343 e. The number of carbonyl (C=O) groups is 1. The average Bonchev–Trinajstić information content (AvgIpc) is 3.28. The third kappa shape index (κ3) is 3.80. The second-order valence-corrected chi connectivity index (χ2v) is 8.99. The van der Waals surface area contributed by atoms with Crippen molar-refractivity contribution < 1.29 is 9.53 Å². The predicted molar refractivity (Wildman–Crippen MR) is 135 cm³/mol. The Morgan fingerprint density at radius 3 is 2.33 bits per heavy atom. The van der Waals surface area contributed by atoms with Crippen molar-refractivity contribution in [3.63, 3.8) is 0 Å². The standard InChI is InChI=1S/C30H27NO2/c1-18-6-8-24-15-25(10-9-23(24)12-18)29-17-27(30(32)33-29)16-26-14-21(4)31(22(26)5)28-11-7-19(2)20(3)13-28/h6-17H,1-5H3/b27-16-. The molecule has 0 saturated carbocycles. The summed E-state index contributed by atoms with van der Waals surface area (Å²) in [6.07, 6.45) is 3.78. The molecule has 1 aromatic heterocycles. The Bertz CT molecular complexity index is 1500. The van der Waals surface area contributed by atoms with Crippen LogP contribution in [0.5, 0.6) is 0 Å². The smallest absolute Gasteiger partial charge is 0.343 e. The van der Waals surface area contributed by atoms with Crippen molar-refractivity contribution in [2.45, 2.75) is 34.6 Å². The van der Waals surface area contributed by atoms with E-state index in [4.69, 9.17) is 4.74 Å². The van der Waals surface area contributed by atoms with E-state index >= 15 is 0 Å². The second kappa shape index (κ2) is 7.93. The Morgan fingerprint density at radius 2 is 1.55 bits per heavy atom. The van der Waals surface area contributed by atoms with Crippen LogP contribution in [0.2, 0.25) is 0 Å². The summed E-state index contributed by atoms with van der Waals surface area (Å²) in [4.78, 5) is 12.7. The number of rotatable bonds is 3. The van der Waals surface area contributed by atoms with Crippen molar-refractivity contribution in [2.24, 2.45) is 0 Å². The number of esters is 1. The zero-order valence-corrected chi connectivity index (χ0v) is 19.7. The highest BCUT2D eigenvalue weighted by molar-refractivity contribution is 6.05. The summed E-state index contributed by atoms with van der Waals surface area (Å²) in [6.45, 7) is 10.5. The maximum absolute atomic E-state index is 12.7. The van der Waals surface area contributed by atoms with E-state index in [1.165, 1.54) is 22.1 Å². The van der Waals surface area contributed by atoms with Crippen molar-refractivity contribution in [1.29, 1.82) is 0 Å². The molecule has 0 bridgehead atoms. The molecule has 33 heavy (non-hydrogen) atoms. The molecule has 0 radical (unpaired) electrons. The minimum Gasteiger partial charge on any atom is -0.422 e. The molecule has 0 unspecified atom stereocenters. The Labute approximate surface area is 194 Å². The molecular formula is C30H27NO2. The van der Waals surface area contributed by atoms with Gasteiger partial charge in [-0.15, -0.1) is 0 Å². The molecule has 0 N–H and O–H groups in total. The van der Waals surface area contributed by atoms with Gasteiger partial charge >= 0.3 is 5.97 Å². The van der Waals surface area contributed by atoms with Crippen LogP contribution in [-0.4, -0.2) is 10.5 Å². The first-order valence-electron chi connectivity index (χ1n) is 11.2. The quantitative estimate of drug-likeness (QED) is 0.254. The van der Waals surface area contributed by atoms with Gasteiger partial charge in [0.25, 0.3) is 0 Å². The van der Waals surface area contributed by atoms with Crippen LogP contribution >= 0.6 is 0 Å². The number of aryl methyl sites for hydroxylation is 4. The lowest BCUT2D eigenvalue weighted by Gasteiger charge is -2.11. The van der Waals surface area contributed by atoms with Crippen molar-refractivity contribution >= 4 is 28.6 Å². The third-order valence-corrected chi connectivity index (χ3v) is 6.54. The first-order chi connectivity index (χ1) is 15.8. The van der Waals surface area contributed by atoms with E-state index in [1.54, 1.807) is 0 Å². The second-order valence-electron chi connectivity index (χ2n) is 8.99. The van der Waals surface area contributed by atoms with E-state index in [9.17, 15) is 4.79 Å². The van der Waals surface area contributed by atoms with Gasteiger partial charge in [0.2, 0.25) is 0 Å². The van der Waals surface area contributed by atoms with Gasteiger partial charge < -0.3 is 9.30 Å². The minimum atomic E-state index is -0.315. The summed E-state index contributed by atoms with van der Waals surface area (Å²) in [7, 11) is 0. The lowest BCUT2D eigenvalue weighted by atomic mass is 10.0. The molecule has 0 fully saturated rings. The van der Waals surface area contributed by atoms with E-state index in [2.05, 4.69) is 93.8 Å². The molecule has 0 saturated heterocycles. The lowest BCUT2D eigenvalue weighted by molar-refractivity contribution is -0.130. The fourth-order valence-electron chi connectivity index (χ4n) is 4.51. The third-order valence-electron chi connectivity index (χ3n) is 6.54. The number of nitrogens with zero attached hydrogens (tertiary/aromatic N) is 1. The first-order valence-corrected chi connectivity index (χ1v) is 11.2. The number of hydrogen-bond acceptors (Lipinski definition) is 2. The van der Waals surface area contributed by atoms with Gasteiger partial charge in [0.1, 0.15) is 5.76 Å². The predicted octanol–water partition coefficient (Wildman–Crippen LogP) is 7.15. The van der Waals surface area contributed by atoms with Crippen LogP contribution < -0.4 is 0 Å². The zero-order chi connectivity index (χ0) is 23.3. The molecule has 0 spiro atoms. The highest BCUT2D eigenvalue weighted by atomic mass is 16.5. The highest BCUT2D eigenvalue weighted by Gasteiger charge is 2.23. The largest absolute Gasteiger partial charge is 0.422 e. The number of ether oxygens (including phenoxy) is 1. The molecule has 3 aromatic carbocycles. The summed E-state index contributed by atoms with van der Waals surface area (Å²) in [5, 5.41) is 2.31. The molecule has 3 heteroatoms. The molecule has 4 aromatic rings. The number of aromatic nitrogens is 1. The molecule has 2 heterocycles. The average molecular weight is 434 g/mol. The van der Waals surface area contributed by atoms with Gasteiger partial charge in [0.05, 0.1) is 5.57 Å². The van der Waals surface area contributed by atoms with E-state index in [-0.39, 0.29) is 5.97 Å². The van der Waals surface area contributed by atoms with E-state index in [0.717, 1.165) is 33.6 Å². The molecule has 1 aliphatic heterocycles. The van der Waals surface area contributed by atoms with Crippen LogP contribution in [0.4, 0.5) is 0 Å². The SMILES string of the molecule is Cc1ccc2cc(C3=C/C(=C/c4cc(C)n(-c5ccc(C)c(C)c5)c4C)C(=O)O3)ccc2c1. The van der Waals surface area contributed by atoms with Crippen molar-refractivity contribution in [3.05, 3.63) is 112 Å². The molecular weight excluding hydrogens is 406 g/mol. The topological polar surface area (TPSA) is 31.2 Å². The fraction of sp³-hybridized carbons (Fsp3) is 0.167. The van der Waals surface area contributed by atoms with Gasteiger partial charge in [-0.2, -0.15) is 0 Å². The Balaban J connectivity index is 1.51. The molecule has 0 atom stereocenters. The Kier molecular flexibility index (Phi) is 5.05. The number of benzene rings is 3. The summed E-state index contributed by atoms with van der Waals surface area (Å²) in [5.41, 5.74) is 9.61. The van der Waals surface area contributed by atoms with Gasteiger partial charge in [-0.05, 0) is 98.5 Å². The van der Waals surface area contributed by atoms with Crippen LogP contribution in [-0.2, 0) is 9.53 Å². The van der Waals surface area contributed by atoms with Crippen LogP contribution in [0.1, 0.15) is 39.2 Å². The van der Waals surface area contributed by atoms with E-state index in [0.29, 0.717) is 11.3 Å². The van der Waals surface area contributed by atoms with Crippen LogP contribution in [0.3, 0.4) is 0 Å². The highest BCUT2D eigenvalue weighted by Crippen LogP contribution is 2.31. The maximum atomic E-state index is 12.7. The van der Waals surface area contributed by atoms with E-state index < -0.39 is 0 Å². The number of fused-ring (bicyclic) bond motifs is 1. The summed E-state index contributed by atoms with van der Waals surface area (Å²) in [6, 6.07) is 21.1. The Hall–Kier alpha value is -3.85.